The van der Waals surface area contributed by atoms with Crippen molar-refractivity contribution >= 4 is 11.9 Å². The molecular weight excluding hydrogens is 380 g/mol. The Kier molecular flexibility index (Phi) is 14.5. The fourth-order valence-corrected chi connectivity index (χ4v) is 2.83. The molecule has 166 valence electrons. The molecule has 1 saturated heterocycles. The van der Waals surface area contributed by atoms with Gasteiger partial charge in [-0.05, 0) is 25.3 Å². The highest BCUT2D eigenvalue weighted by molar-refractivity contribution is 5.77. The number of rotatable bonds is 18. The van der Waals surface area contributed by atoms with E-state index in [-0.39, 0.29) is 24.0 Å². The van der Waals surface area contributed by atoms with Crippen molar-refractivity contribution in [2.45, 2.75) is 51.1 Å². The maximum absolute atomic E-state index is 11.8. The van der Waals surface area contributed by atoms with E-state index in [9.17, 15) is 9.59 Å². The van der Waals surface area contributed by atoms with Crippen molar-refractivity contribution < 1.29 is 23.8 Å². The Morgan fingerprint density at radius 1 is 1.07 bits per heavy atom. The van der Waals surface area contributed by atoms with E-state index in [1.54, 1.807) is 0 Å². The molecule has 1 heterocycles. The van der Waals surface area contributed by atoms with Crippen LogP contribution in [0.1, 0.15) is 39.0 Å². The highest BCUT2D eigenvalue weighted by Crippen LogP contribution is 2.11. The van der Waals surface area contributed by atoms with Gasteiger partial charge in [0.15, 0.2) is 0 Å². The second kappa shape index (κ2) is 16.8. The van der Waals surface area contributed by atoms with Crippen molar-refractivity contribution in [2.75, 3.05) is 52.7 Å². The molecule has 0 radical (unpaired) electrons. The number of hydrogen-bond donors (Lipinski definition) is 3. The van der Waals surface area contributed by atoms with Gasteiger partial charge in [-0.1, -0.05) is 18.0 Å². The second-order valence-corrected chi connectivity index (χ2v) is 6.75. The van der Waals surface area contributed by atoms with Crippen LogP contribution in [0.25, 0.3) is 10.4 Å². The van der Waals surface area contributed by atoms with Crippen LogP contribution in [0.3, 0.4) is 0 Å². The van der Waals surface area contributed by atoms with E-state index in [0.29, 0.717) is 59.2 Å². The quantitative estimate of drug-likeness (QED) is 0.134. The summed E-state index contributed by atoms with van der Waals surface area (Å²) >= 11 is 0. The fourth-order valence-electron chi connectivity index (χ4n) is 2.83. The van der Waals surface area contributed by atoms with Gasteiger partial charge in [0, 0.05) is 30.5 Å². The maximum atomic E-state index is 11.8. The lowest BCUT2D eigenvalue weighted by Gasteiger charge is -2.13. The maximum Gasteiger partial charge on any atom is 0.315 e. The number of carbonyl (C=O) groups is 2. The minimum Gasteiger partial charge on any atom is -0.379 e. The number of azide groups is 1. The number of nitrogens with zero attached hydrogens (tertiary/aromatic N) is 3. The summed E-state index contributed by atoms with van der Waals surface area (Å²) in [5, 5.41) is 11.9. The van der Waals surface area contributed by atoms with Crippen molar-refractivity contribution in [3.63, 3.8) is 0 Å². The molecule has 3 N–H and O–H groups in total. The molecule has 0 aromatic heterocycles. The van der Waals surface area contributed by atoms with Gasteiger partial charge < -0.3 is 30.2 Å². The third-order valence-corrected chi connectivity index (χ3v) is 4.41. The van der Waals surface area contributed by atoms with Crippen LogP contribution in [-0.4, -0.2) is 76.8 Å². The Hall–Kier alpha value is -2.07. The summed E-state index contributed by atoms with van der Waals surface area (Å²) in [7, 11) is 0. The summed E-state index contributed by atoms with van der Waals surface area (Å²) in [4.78, 5) is 25.6. The molecule has 0 aromatic carbocycles. The van der Waals surface area contributed by atoms with Gasteiger partial charge in [0.1, 0.15) is 0 Å². The van der Waals surface area contributed by atoms with Crippen LogP contribution in [0.4, 0.5) is 4.79 Å². The molecular formula is C18H34N6O5. The van der Waals surface area contributed by atoms with E-state index in [1.807, 2.05) is 6.92 Å². The topological polar surface area (TPSA) is 147 Å². The number of hydrogen-bond acceptors (Lipinski definition) is 6. The number of urea groups is 1. The number of ether oxygens (including phenoxy) is 3. The van der Waals surface area contributed by atoms with E-state index in [1.165, 1.54) is 0 Å². The zero-order chi connectivity index (χ0) is 21.2. The van der Waals surface area contributed by atoms with Gasteiger partial charge in [0.05, 0.1) is 45.7 Å². The van der Waals surface area contributed by atoms with Crippen molar-refractivity contribution in [3.8, 4) is 0 Å². The minimum atomic E-state index is -0.0939. The summed E-state index contributed by atoms with van der Waals surface area (Å²) in [5.74, 6) is 0.0342. The van der Waals surface area contributed by atoms with Crippen LogP contribution in [0.15, 0.2) is 5.11 Å². The summed E-state index contributed by atoms with van der Waals surface area (Å²) < 4.78 is 15.9. The monoisotopic (exact) mass is 414 g/mol. The van der Waals surface area contributed by atoms with Crippen molar-refractivity contribution in [1.82, 2.24) is 16.0 Å². The first-order chi connectivity index (χ1) is 14.1. The van der Waals surface area contributed by atoms with Crippen LogP contribution in [0.5, 0.6) is 0 Å². The van der Waals surface area contributed by atoms with Crippen molar-refractivity contribution in [2.24, 2.45) is 5.11 Å². The molecule has 2 atom stereocenters. The van der Waals surface area contributed by atoms with Gasteiger partial charge in [0.2, 0.25) is 5.91 Å². The summed E-state index contributed by atoms with van der Waals surface area (Å²) in [6, 6.07) is 0.262. The third-order valence-electron chi connectivity index (χ3n) is 4.41. The number of carbonyl (C=O) groups excluding carboxylic acids is 2. The Balaban J connectivity index is 1.79. The Morgan fingerprint density at radius 3 is 2.41 bits per heavy atom. The molecule has 0 saturated carbocycles. The average molecular weight is 415 g/mol. The second-order valence-electron chi connectivity index (χ2n) is 6.75. The molecule has 1 fully saturated rings. The van der Waals surface area contributed by atoms with E-state index in [4.69, 9.17) is 19.7 Å². The first-order valence-corrected chi connectivity index (χ1v) is 10.2. The molecule has 0 unspecified atom stereocenters. The van der Waals surface area contributed by atoms with E-state index < -0.39 is 0 Å². The van der Waals surface area contributed by atoms with Gasteiger partial charge >= 0.3 is 6.03 Å². The largest absolute Gasteiger partial charge is 0.379 e. The average Bonchev–Trinajstić information content (AvgIpc) is 3.02. The van der Waals surface area contributed by atoms with E-state index in [0.717, 1.165) is 25.7 Å². The van der Waals surface area contributed by atoms with Gasteiger partial charge in [-0.25, -0.2) is 4.79 Å². The Bertz CT molecular complexity index is 515. The molecule has 11 nitrogen and oxygen atoms in total. The third kappa shape index (κ3) is 13.7. The SMILES string of the molecule is C[C@@H]1NC(=O)N[C@@H]1CCCCCC(=O)NCCOCCOCCOCCN=[N+]=[N-]. The van der Waals surface area contributed by atoms with Crippen LogP contribution in [-0.2, 0) is 19.0 Å². The molecule has 29 heavy (non-hydrogen) atoms. The van der Waals surface area contributed by atoms with Crippen LogP contribution in [0, 0.1) is 0 Å². The molecule has 0 aliphatic carbocycles. The smallest absolute Gasteiger partial charge is 0.315 e. The van der Waals surface area contributed by atoms with Gasteiger partial charge in [-0.3, -0.25) is 4.79 Å². The van der Waals surface area contributed by atoms with Gasteiger partial charge in [0.25, 0.3) is 0 Å². The summed E-state index contributed by atoms with van der Waals surface area (Å²) in [6.07, 6.45) is 4.24. The lowest BCUT2D eigenvalue weighted by Crippen LogP contribution is -2.30. The van der Waals surface area contributed by atoms with Gasteiger partial charge in [-0.2, -0.15) is 0 Å². The Labute approximate surface area is 171 Å². The highest BCUT2D eigenvalue weighted by Gasteiger charge is 2.26. The molecule has 11 heteroatoms. The van der Waals surface area contributed by atoms with Crippen molar-refractivity contribution in [1.29, 1.82) is 0 Å². The van der Waals surface area contributed by atoms with Crippen molar-refractivity contribution in [3.05, 3.63) is 10.4 Å². The molecule has 1 aliphatic heterocycles. The highest BCUT2D eigenvalue weighted by atomic mass is 16.5. The standard InChI is InChI=1S/C18H34N6O5/c1-15-16(23-18(26)22-15)5-3-2-4-6-17(25)20-7-9-27-11-13-29-14-12-28-10-8-21-24-19/h15-16H,2-14H2,1H3,(H,20,25)(H2,22,23,26)/t15-,16+/m0/s1. The van der Waals surface area contributed by atoms with Crippen LogP contribution < -0.4 is 16.0 Å². The number of amides is 3. The van der Waals surface area contributed by atoms with E-state index in [2.05, 4.69) is 26.0 Å². The molecule has 0 bridgehead atoms. The van der Waals surface area contributed by atoms with E-state index >= 15 is 0 Å². The van der Waals surface area contributed by atoms with Crippen LogP contribution >= 0.6 is 0 Å². The number of unbranched alkanes of at least 4 members (excludes halogenated alkanes) is 2. The normalized spacial score (nSPS) is 18.0. The fraction of sp³-hybridized carbons (Fsp3) is 0.889. The predicted molar refractivity (Wildman–Crippen MR) is 107 cm³/mol. The molecule has 1 aliphatic rings. The molecule has 3 amide bonds. The first kappa shape index (κ1) is 25.0. The molecule has 0 aromatic rings. The van der Waals surface area contributed by atoms with Crippen LogP contribution in [0.2, 0.25) is 0 Å². The Morgan fingerprint density at radius 2 is 1.76 bits per heavy atom. The predicted octanol–water partition coefficient (Wildman–Crippen LogP) is 1.48. The zero-order valence-electron chi connectivity index (χ0n) is 17.2. The van der Waals surface area contributed by atoms with Gasteiger partial charge in [-0.15, -0.1) is 0 Å². The molecule has 0 spiro atoms. The number of nitrogens with one attached hydrogen (secondary N) is 3. The summed E-state index contributed by atoms with van der Waals surface area (Å²) in [6.45, 7) is 5.46. The minimum absolute atomic E-state index is 0.0342. The lowest BCUT2D eigenvalue weighted by molar-refractivity contribution is -0.121. The first-order valence-electron chi connectivity index (χ1n) is 10.2. The zero-order valence-corrected chi connectivity index (χ0v) is 17.2. The lowest BCUT2D eigenvalue weighted by atomic mass is 10.0. The molecule has 1 rings (SSSR count). The summed E-state index contributed by atoms with van der Waals surface area (Å²) in [5.41, 5.74) is 8.09.